The minimum Gasteiger partial charge on any atom is -0.481 e. The van der Waals surface area contributed by atoms with E-state index in [1.54, 1.807) is 6.20 Å². The maximum Gasteiger partial charge on any atom is 0.313 e. The zero-order valence-electron chi connectivity index (χ0n) is 11.4. The number of nitrogens with zero attached hydrogens (tertiary/aromatic N) is 2. The average molecular weight is 282 g/mol. The predicted molar refractivity (Wildman–Crippen MR) is 76.3 cm³/mol. The van der Waals surface area contributed by atoms with Crippen molar-refractivity contribution in [2.75, 3.05) is 5.75 Å². The molecule has 0 atom stereocenters. The molecule has 1 aliphatic rings. The summed E-state index contributed by atoms with van der Waals surface area (Å²) in [5.41, 5.74) is 0. The summed E-state index contributed by atoms with van der Waals surface area (Å²) in [6.45, 7) is 3.30. The van der Waals surface area contributed by atoms with Crippen molar-refractivity contribution in [1.82, 2.24) is 9.55 Å². The molecule has 1 aliphatic carbocycles. The van der Waals surface area contributed by atoms with E-state index >= 15 is 0 Å². The van der Waals surface area contributed by atoms with E-state index in [0.717, 1.165) is 23.5 Å². The van der Waals surface area contributed by atoms with Crippen molar-refractivity contribution in [1.29, 1.82) is 0 Å². The maximum atomic E-state index is 10.6. The van der Waals surface area contributed by atoms with E-state index in [9.17, 15) is 4.79 Å². The second-order valence-corrected chi connectivity index (χ2v) is 6.44. The fourth-order valence-electron chi connectivity index (χ4n) is 2.67. The van der Waals surface area contributed by atoms with Gasteiger partial charge in [-0.25, -0.2) is 4.98 Å². The Morgan fingerprint density at radius 2 is 2.21 bits per heavy atom. The van der Waals surface area contributed by atoms with Gasteiger partial charge in [-0.05, 0) is 18.3 Å². The molecule has 19 heavy (non-hydrogen) atoms. The monoisotopic (exact) mass is 282 g/mol. The van der Waals surface area contributed by atoms with Crippen molar-refractivity contribution in [2.45, 2.75) is 50.7 Å². The molecule has 5 heteroatoms. The fourth-order valence-corrected chi connectivity index (χ4v) is 3.38. The van der Waals surface area contributed by atoms with Gasteiger partial charge in [-0.15, -0.1) is 0 Å². The standard InChI is InChI=1S/C14H22N2O2S/c1-11-2-4-12(5-3-11)6-8-16-9-7-15-14(16)19-10-13(17)18/h7,9,11-12H,2-6,8,10H2,1H3,(H,17,18). The van der Waals surface area contributed by atoms with Crippen LogP contribution in [-0.4, -0.2) is 26.4 Å². The molecule has 1 heterocycles. The molecule has 106 valence electrons. The van der Waals surface area contributed by atoms with Crippen molar-refractivity contribution in [3.63, 3.8) is 0 Å². The van der Waals surface area contributed by atoms with Gasteiger partial charge in [0, 0.05) is 18.9 Å². The molecule has 1 aromatic heterocycles. The number of aliphatic carboxylic acids is 1. The lowest BCUT2D eigenvalue weighted by molar-refractivity contribution is -0.133. The number of rotatable bonds is 6. The summed E-state index contributed by atoms with van der Waals surface area (Å²) in [5, 5.41) is 9.53. The van der Waals surface area contributed by atoms with Crippen LogP contribution >= 0.6 is 11.8 Å². The van der Waals surface area contributed by atoms with E-state index in [1.165, 1.54) is 43.9 Å². The summed E-state index contributed by atoms with van der Waals surface area (Å²) in [7, 11) is 0. The summed E-state index contributed by atoms with van der Waals surface area (Å²) < 4.78 is 2.09. The van der Waals surface area contributed by atoms with Crippen LogP contribution in [0.25, 0.3) is 0 Å². The second kappa shape index (κ2) is 6.98. The normalized spacial score (nSPS) is 23.4. The largest absolute Gasteiger partial charge is 0.481 e. The number of hydrogen-bond donors (Lipinski definition) is 1. The molecule has 0 radical (unpaired) electrons. The topological polar surface area (TPSA) is 55.1 Å². The van der Waals surface area contributed by atoms with Crippen LogP contribution < -0.4 is 0 Å². The lowest BCUT2D eigenvalue weighted by Crippen LogP contribution is -2.14. The van der Waals surface area contributed by atoms with Gasteiger partial charge in [0.2, 0.25) is 0 Å². The van der Waals surface area contributed by atoms with Gasteiger partial charge in [0.05, 0.1) is 5.75 Å². The first-order valence-corrected chi connectivity index (χ1v) is 7.99. The van der Waals surface area contributed by atoms with E-state index < -0.39 is 5.97 Å². The first kappa shape index (κ1) is 14.4. The summed E-state index contributed by atoms with van der Waals surface area (Å²) in [5.74, 6) is 1.01. The Kier molecular flexibility index (Phi) is 5.31. The van der Waals surface area contributed by atoms with Crippen LogP contribution in [-0.2, 0) is 11.3 Å². The first-order valence-electron chi connectivity index (χ1n) is 7.01. The molecule has 1 fully saturated rings. The summed E-state index contributed by atoms with van der Waals surface area (Å²) in [6.07, 6.45) is 10.3. The van der Waals surface area contributed by atoms with Crippen LogP contribution in [0.3, 0.4) is 0 Å². The Labute approximate surface area is 118 Å². The molecular weight excluding hydrogens is 260 g/mol. The highest BCUT2D eigenvalue weighted by Crippen LogP contribution is 2.31. The molecule has 1 saturated carbocycles. The quantitative estimate of drug-likeness (QED) is 0.814. The number of carbonyl (C=O) groups is 1. The van der Waals surface area contributed by atoms with Gasteiger partial charge < -0.3 is 9.67 Å². The van der Waals surface area contributed by atoms with Crippen LogP contribution in [0.1, 0.15) is 39.0 Å². The van der Waals surface area contributed by atoms with Crippen molar-refractivity contribution < 1.29 is 9.90 Å². The van der Waals surface area contributed by atoms with Crippen LogP contribution in [0.5, 0.6) is 0 Å². The molecule has 1 aromatic rings. The molecule has 0 aliphatic heterocycles. The van der Waals surface area contributed by atoms with E-state index in [0.29, 0.717) is 0 Å². The number of aromatic nitrogens is 2. The molecule has 0 saturated heterocycles. The molecule has 0 unspecified atom stereocenters. The number of imidazole rings is 1. The zero-order chi connectivity index (χ0) is 13.7. The second-order valence-electron chi connectivity index (χ2n) is 5.50. The highest BCUT2D eigenvalue weighted by molar-refractivity contribution is 7.99. The smallest absolute Gasteiger partial charge is 0.313 e. The van der Waals surface area contributed by atoms with Crippen LogP contribution in [0.2, 0.25) is 0 Å². The third-order valence-corrected chi connectivity index (χ3v) is 4.91. The molecule has 1 N–H and O–H groups in total. The third kappa shape index (κ3) is 4.56. The van der Waals surface area contributed by atoms with Crippen LogP contribution in [0.15, 0.2) is 17.6 Å². The Morgan fingerprint density at radius 1 is 1.47 bits per heavy atom. The maximum absolute atomic E-state index is 10.6. The number of carboxylic acid groups (broad SMARTS) is 1. The number of hydrogen-bond acceptors (Lipinski definition) is 3. The molecule has 0 spiro atoms. The van der Waals surface area contributed by atoms with E-state index in [1.807, 2.05) is 6.20 Å². The Hall–Kier alpha value is -0.970. The van der Waals surface area contributed by atoms with E-state index in [4.69, 9.17) is 5.11 Å². The summed E-state index contributed by atoms with van der Waals surface area (Å²) in [4.78, 5) is 14.8. The SMILES string of the molecule is CC1CCC(CCn2ccnc2SCC(=O)O)CC1. The molecular formula is C14H22N2O2S. The highest BCUT2D eigenvalue weighted by Gasteiger charge is 2.18. The minimum atomic E-state index is -0.791. The molecule has 4 nitrogen and oxygen atoms in total. The van der Waals surface area contributed by atoms with Gasteiger partial charge in [-0.3, -0.25) is 4.79 Å². The van der Waals surface area contributed by atoms with Gasteiger partial charge >= 0.3 is 5.97 Å². The fraction of sp³-hybridized carbons (Fsp3) is 0.714. The van der Waals surface area contributed by atoms with Crippen molar-refractivity contribution in [3.8, 4) is 0 Å². The minimum absolute atomic E-state index is 0.0813. The summed E-state index contributed by atoms with van der Waals surface area (Å²) in [6, 6.07) is 0. The Morgan fingerprint density at radius 3 is 2.89 bits per heavy atom. The number of carboxylic acids is 1. The van der Waals surface area contributed by atoms with Gasteiger partial charge in [0.15, 0.2) is 5.16 Å². The van der Waals surface area contributed by atoms with Crippen molar-refractivity contribution >= 4 is 17.7 Å². The van der Waals surface area contributed by atoms with Gasteiger partial charge in [-0.2, -0.15) is 0 Å². The van der Waals surface area contributed by atoms with E-state index in [2.05, 4.69) is 16.5 Å². The zero-order valence-corrected chi connectivity index (χ0v) is 12.2. The predicted octanol–water partition coefficient (Wildman–Crippen LogP) is 3.28. The number of aryl methyl sites for hydroxylation is 1. The molecule has 0 bridgehead atoms. The van der Waals surface area contributed by atoms with Crippen molar-refractivity contribution in [2.24, 2.45) is 11.8 Å². The third-order valence-electron chi connectivity index (χ3n) is 3.92. The Bertz CT molecular complexity index is 411. The highest BCUT2D eigenvalue weighted by atomic mass is 32.2. The van der Waals surface area contributed by atoms with Gasteiger partial charge in [0.25, 0.3) is 0 Å². The van der Waals surface area contributed by atoms with Crippen LogP contribution in [0.4, 0.5) is 0 Å². The Balaban J connectivity index is 1.79. The lowest BCUT2D eigenvalue weighted by atomic mass is 9.81. The van der Waals surface area contributed by atoms with Gasteiger partial charge in [0.1, 0.15) is 0 Å². The molecule has 0 aromatic carbocycles. The number of thioether (sulfide) groups is 1. The molecule has 0 amide bonds. The first-order chi connectivity index (χ1) is 9.15. The van der Waals surface area contributed by atoms with Crippen molar-refractivity contribution in [3.05, 3.63) is 12.4 Å². The van der Waals surface area contributed by atoms with Crippen LogP contribution in [0, 0.1) is 11.8 Å². The average Bonchev–Trinajstić information content (AvgIpc) is 2.83. The summed E-state index contributed by atoms with van der Waals surface area (Å²) >= 11 is 1.30. The van der Waals surface area contributed by atoms with E-state index in [-0.39, 0.29) is 5.75 Å². The van der Waals surface area contributed by atoms with Gasteiger partial charge in [-0.1, -0.05) is 44.4 Å². The lowest BCUT2D eigenvalue weighted by Gasteiger charge is -2.26. The molecule has 2 rings (SSSR count).